The lowest BCUT2D eigenvalue weighted by Crippen LogP contribution is -1.99. The van der Waals surface area contributed by atoms with E-state index in [1.807, 2.05) is 33.6 Å². The molecule has 5 nitrogen and oxygen atoms in total. The predicted octanol–water partition coefficient (Wildman–Crippen LogP) is 2.46. The molecule has 1 aromatic carbocycles. The molecule has 0 amide bonds. The molecule has 0 fully saturated rings. The van der Waals surface area contributed by atoms with Gasteiger partial charge < -0.3 is 0 Å². The van der Waals surface area contributed by atoms with Crippen molar-refractivity contribution in [2.24, 2.45) is 0 Å². The lowest BCUT2D eigenvalue weighted by molar-refractivity contribution is 0.660. The van der Waals surface area contributed by atoms with E-state index in [9.17, 15) is 0 Å². The first-order chi connectivity index (χ1) is 9.28. The summed E-state index contributed by atoms with van der Waals surface area (Å²) in [6, 6.07) is 10.2. The van der Waals surface area contributed by atoms with Crippen molar-refractivity contribution < 1.29 is 0 Å². The Kier molecular flexibility index (Phi) is 2.87. The first kappa shape index (κ1) is 11.6. The first-order valence-electron chi connectivity index (χ1n) is 6.29. The van der Waals surface area contributed by atoms with Gasteiger partial charge >= 0.3 is 0 Å². The van der Waals surface area contributed by atoms with Gasteiger partial charge in [0.15, 0.2) is 5.82 Å². The Morgan fingerprint density at radius 1 is 1.21 bits per heavy atom. The fourth-order valence-electron chi connectivity index (χ4n) is 2.03. The van der Waals surface area contributed by atoms with Gasteiger partial charge in [0, 0.05) is 18.4 Å². The summed E-state index contributed by atoms with van der Waals surface area (Å²) >= 11 is 0. The van der Waals surface area contributed by atoms with Crippen LogP contribution in [0, 0.1) is 6.92 Å². The van der Waals surface area contributed by atoms with Crippen molar-refractivity contribution in [1.29, 1.82) is 0 Å². The molecule has 5 heteroatoms. The molecular weight excluding hydrogens is 238 g/mol. The number of benzene rings is 1. The number of rotatable bonds is 3. The Labute approximate surface area is 111 Å². The number of aryl methyl sites for hydroxylation is 2. The van der Waals surface area contributed by atoms with Crippen LogP contribution in [0.15, 0.2) is 42.9 Å². The monoisotopic (exact) mass is 253 g/mol. The third-order valence-electron chi connectivity index (χ3n) is 3.02. The molecule has 19 heavy (non-hydrogen) atoms. The van der Waals surface area contributed by atoms with Crippen molar-refractivity contribution in [2.45, 2.75) is 20.4 Å². The summed E-state index contributed by atoms with van der Waals surface area (Å²) in [4.78, 5) is 0. The Bertz CT molecular complexity index is 695. The van der Waals surface area contributed by atoms with E-state index in [1.165, 1.54) is 5.56 Å². The third kappa shape index (κ3) is 2.14. The van der Waals surface area contributed by atoms with Gasteiger partial charge in [-0.3, -0.25) is 9.25 Å². The van der Waals surface area contributed by atoms with Crippen molar-refractivity contribution in [2.75, 3.05) is 0 Å². The molecule has 2 heterocycles. The maximum Gasteiger partial charge on any atom is 0.188 e. The van der Waals surface area contributed by atoms with Gasteiger partial charge in [0.1, 0.15) is 12.0 Å². The van der Waals surface area contributed by atoms with Crippen LogP contribution in [-0.4, -0.2) is 24.5 Å². The second-order valence-electron chi connectivity index (χ2n) is 4.42. The standard InChI is InChI=1S/C14H15N5/c1-3-18-8-7-13(17-18)14-16-15-10-19(14)12-6-4-5-11(2)9-12/h4-10H,3H2,1-2H3. The fourth-order valence-corrected chi connectivity index (χ4v) is 2.03. The van der Waals surface area contributed by atoms with Crippen LogP contribution in [0.3, 0.4) is 0 Å². The molecule has 0 unspecified atom stereocenters. The molecule has 3 rings (SSSR count). The van der Waals surface area contributed by atoms with Crippen LogP contribution in [0.4, 0.5) is 0 Å². The molecule has 0 aliphatic heterocycles. The normalized spacial score (nSPS) is 10.8. The van der Waals surface area contributed by atoms with Crippen LogP contribution < -0.4 is 0 Å². The highest BCUT2D eigenvalue weighted by Gasteiger charge is 2.11. The smallest absolute Gasteiger partial charge is 0.188 e. The number of nitrogens with zero attached hydrogens (tertiary/aromatic N) is 5. The first-order valence-corrected chi connectivity index (χ1v) is 6.29. The van der Waals surface area contributed by atoms with Gasteiger partial charge in [-0.1, -0.05) is 12.1 Å². The van der Waals surface area contributed by atoms with Crippen molar-refractivity contribution in [1.82, 2.24) is 24.5 Å². The van der Waals surface area contributed by atoms with Crippen LogP contribution in [0.25, 0.3) is 17.2 Å². The van der Waals surface area contributed by atoms with Crippen LogP contribution in [-0.2, 0) is 6.54 Å². The third-order valence-corrected chi connectivity index (χ3v) is 3.02. The number of aromatic nitrogens is 5. The second kappa shape index (κ2) is 4.68. The van der Waals surface area contributed by atoms with Gasteiger partial charge in [-0.05, 0) is 37.6 Å². The van der Waals surface area contributed by atoms with E-state index in [4.69, 9.17) is 0 Å². The van der Waals surface area contributed by atoms with E-state index in [2.05, 4.69) is 41.3 Å². The molecule has 3 aromatic rings. The van der Waals surface area contributed by atoms with Crippen LogP contribution >= 0.6 is 0 Å². The molecule has 96 valence electrons. The van der Waals surface area contributed by atoms with E-state index >= 15 is 0 Å². The summed E-state index contributed by atoms with van der Waals surface area (Å²) in [5.41, 5.74) is 3.09. The summed E-state index contributed by atoms with van der Waals surface area (Å²) in [6.45, 7) is 4.97. The van der Waals surface area contributed by atoms with Crippen LogP contribution in [0.2, 0.25) is 0 Å². The lowest BCUT2D eigenvalue weighted by Gasteiger charge is -2.05. The summed E-state index contributed by atoms with van der Waals surface area (Å²) < 4.78 is 3.83. The molecule has 0 radical (unpaired) electrons. The van der Waals surface area contributed by atoms with E-state index in [0.717, 1.165) is 23.8 Å². The Morgan fingerprint density at radius 2 is 2.11 bits per heavy atom. The molecular formula is C14H15N5. The highest BCUT2D eigenvalue weighted by molar-refractivity contribution is 5.53. The highest BCUT2D eigenvalue weighted by atomic mass is 15.3. The highest BCUT2D eigenvalue weighted by Crippen LogP contribution is 2.19. The molecule has 0 atom stereocenters. The van der Waals surface area contributed by atoms with Crippen molar-refractivity contribution >= 4 is 0 Å². The Hall–Kier alpha value is -2.43. The topological polar surface area (TPSA) is 48.5 Å². The predicted molar refractivity (Wildman–Crippen MR) is 73.0 cm³/mol. The summed E-state index contributed by atoms with van der Waals surface area (Å²) in [5.74, 6) is 0.762. The van der Waals surface area contributed by atoms with Gasteiger partial charge in [-0.2, -0.15) is 5.10 Å². The minimum atomic E-state index is 0.762. The van der Waals surface area contributed by atoms with Gasteiger partial charge in [0.25, 0.3) is 0 Å². The van der Waals surface area contributed by atoms with Gasteiger partial charge in [0.2, 0.25) is 0 Å². The molecule has 0 aliphatic carbocycles. The lowest BCUT2D eigenvalue weighted by atomic mass is 10.2. The Balaban J connectivity index is 2.07. The zero-order chi connectivity index (χ0) is 13.2. The maximum atomic E-state index is 4.47. The SMILES string of the molecule is CCn1ccc(-c2nncn2-c2cccc(C)c2)n1. The van der Waals surface area contributed by atoms with E-state index in [0.29, 0.717) is 0 Å². The van der Waals surface area contributed by atoms with Crippen molar-refractivity contribution in [3.05, 3.63) is 48.4 Å². The summed E-state index contributed by atoms with van der Waals surface area (Å²) in [7, 11) is 0. The second-order valence-corrected chi connectivity index (χ2v) is 4.42. The average Bonchev–Trinajstić information content (AvgIpc) is 3.07. The zero-order valence-corrected chi connectivity index (χ0v) is 11.0. The van der Waals surface area contributed by atoms with Gasteiger partial charge in [-0.25, -0.2) is 0 Å². The minimum absolute atomic E-state index is 0.762. The molecule has 0 saturated carbocycles. The van der Waals surface area contributed by atoms with Crippen LogP contribution in [0.1, 0.15) is 12.5 Å². The molecule has 0 N–H and O–H groups in total. The maximum absolute atomic E-state index is 4.47. The molecule has 0 spiro atoms. The number of hydrogen-bond donors (Lipinski definition) is 0. The summed E-state index contributed by atoms with van der Waals surface area (Å²) in [5, 5.41) is 12.7. The largest absolute Gasteiger partial charge is 0.280 e. The van der Waals surface area contributed by atoms with Crippen molar-refractivity contribution in [3.63, 3.8) is 0 Å². The average molecular weight is 253 g/mol. The molecule has 0 saturated heterocycles. The van der Waals surface area contributed by atoms with E-state index in [-0.39, 0.29) is 0 Å². The van der Waals surface area contributed by atoms with Gasteiger partial charge in [0.05, 0.1) is 0 Å². The molecule has 2 aromatic heterocycles. The molecule has 0 bridgehead atoms. The van der Waals surface area contributed by atoms with E-state index < -0.39 is 0 Å². The number of hydrogen-bond acceptors (Lipinski definition) is 3. The van der Waals surface area contributed by atoms with E-state index in [1.54, 1.807) is 6.33 Å². The minimum Gasteiger partial charge on any atom is -0.280 e. The quantitative estimate of drug-likeness (QED) is 0.720. The van der Waals surface area contributed by atoms with Crippen LogP contribution in [0.5, 0.6) is 0 Å². The fraction of sp³-hybridized carbons (Fsp3) is 0.214. The Morgan fingerprint density at radius 3 is 2.84 bits per heavy atom. The van der Waals surface area contributed by atoms with Gasteiger partial charge in [-0.15, -0.1) is 10.2 Å². The summed E-state index contributed by atoms with van der Waals surface area (Å²) in [6.07, 6.45) is 3.67. The zero-order valence-electron chi connectivity index (χ0n) is 11.0. The van der Waals surface area contributed by atoms with Crippen molar-refractivity contribution in [3.8, 4) is 17.2 Å². The molecule has 0 aliphatic rings.